The van der Waals surface area contributed by atoms with Crippen LogP contribution in [0.4, 0.5) is 24.5 Å². The fourth-order valence-corrected chi connectivity index (χ4v) is 3.24. The van der Waals surface area contributed by atoms with Gasteiger partial charge in [0.15, 0.2) is 0 Å². The molecule has 3 nitrogen and oxygen atoms in total. The third-order valence-corrected chi connectivity index (χ3v) is 4.59. The summed E-state index contributed by atoms with van der Waals surface area (Å²) in [5, 5.41) is 3.01. The molecule has 1 heterocycles. The van der Waals surface area contributed by atoms with Gasteiger partial charge in [0.2, 0.25) is 0 Å². The Labute approximate surface area is 154 Å². The summed E-state index contributed by atoms with van der Waals surface area (Å²) < 4.78 is 39.3. The Morgan fingerprint density at radius 2 is 1.77 bits per heavy atom. The lowest BCUT2D eigenvalue weighted by Gasteiger charge is -2.31. The number of halogens is 4. The van der Waals surface area contributed by atoms with Crippen molar-refractivity contribution in [2.45, 2.75) is 25.4 Å². The number of carbonyl (C=O) groups excluding carboxylic acids is 1. The molecule has 0 aromatic heterocycles. The lowest BCUT2D eigenvalue weighted by atomic mass is 10.1. The number of hydrogen-bond donors (Lipinski definition) is 1. The average molecular weight is 383 g/mol. The molecular weight excluding hydrogens is 365 g/mol. The number of nitrogens with zero attached hydrogens (tertiary/aromatic N) is 1. The topological polar surface area (TPSA) is 32.3 Å². The second-order valence-corrected chi connectivity index (χ2v) is 6.68. The second-order valence-electron chi connectivity index (χ2n) is 6.24. The van der Waals surface area contributed by atoms with Crippen molar-refractivity contribution in [1.29, 1.82) is 0 Å². The number of benzene rings is 2. The molecule has 0 radical (unpaired) electrons. The number of hydrogen-bond acceptors (Lipinski definition) is 2. The van der Waals surface area contributed by atoms with Crippen LogP contribution in [0.3, 0.4) is 0 Å². The third-order valence-electron chi connectivity index (χ3n) is 4.36. The van der Waals surface area contributed by atoms with E-state index in [9.17, 15) is 18.0 Å². The predicted molar refractivity (Wildman–Crippen MR) is 96.9 cm³/mol. The molecular formula is C19H18ClF3N2O. The maximum Gasteiger partial charge on any atom is 0.416 e. The minimum atomic E-state index is -4.48. The highest BCUT2D eigenvalue weighted by Crippen LogP contribution is 2.36. The number of carbonyl (C=O) groups is 1. The smallest absolute Gasteiger partial charge is 0.370 e. The summed E-state index contributed by atoms with van der Waals surface area (Å²) in [7, 11) is 0. The molecule has 1 fully saturated rings. The lowest BCUT2D eigenvalue weighted by Crippen LogP contribution is -2.30. The molecule has 0 unspecified atom stereocenters. The zero-order valence-electron chi connectivity index (χ0n) is 13.9. The second kappa shape index (κ2) is 7.58. The van der Waals surface area contributed by atoms with Crippen LogP contribution in [0, 0.1) is 0 Å². The normalized spacial score (nSPS) is 15.0. The van der Waals surface area contributed by atoms with Gasteiger partial charge in [-0.15, -0.1) is 0 Å². The maximum atomic E-state index is 13.1. The summed E-state index contributed by atoms with van der Waals surface area (Å²) in [4.78, 5) is 14.5. The van der Waals surface area contributed by atoms with Crippen LogP contribution in [0.25, 0.3) is 0 Å². The minimum Gasteiger partial charge on any atom is -0.370 e. The molecule has 7 heteroatoms. The highest BCUT2D eigenvalue weighted by Gasteiger charge is 2.32. The number of rotatable bonds is 3. The Balaban J connectivity index is 1.94. The van der Waals surface area contributed by atoms with Crippen LogP contribution in [-0.4, -0.2) is 19.0 Å². The monoisotopic (exact) mass is 382 g/mol. The Hall–Kier alpha value is -2.21. The Kier molecular flexibility index (Phi) is 5.41. The van der Waals surface area contributed by atoms with Crippen LogP contribution in [0.15, 0.2) is 42.5 Å². The van der Waals surface area contributed by atoms with Gasteiger partial charge in [0.1, 0.15) is 0 Å². The first-order valence-corrected chi connectivity index (χ1v) is 8.75. The molecule has 1 aliphatic rings. The predicted octanol–water partition coefficient (Wildman–Crippen LogP) is 5.60. The Morgan fingerprint density at radius 3 is 2.42 bits per heavy atom. The molecule has 1 N–H and O–H groups in total. The zero-order valence-corrected chi connectivity index (χ0v) is 14.7. The Morgan fingerprint density at radius 1 is 1.04 bits per heavy atom. The molecule has 1 saturated heterocycles. The van der Waals surface area contributed by atoms with Gasteiger partial charge < -0.3 is 10.2 Å². The molecule has 1 aliphatic heterocycles. The molecule has 0 aliphatic carbocycles. The fourth-order valence-electron chi connectivity index (χ4n) is 3.05. The van der Waals surface area contributed by atoms with Gasteiger partial charge in [-0.1, -0.05) is 17.7 Å². The van der Waals surface area contributed by atoms with E-state index >= 15 is 0 Å². The number of piperidine rings is 1. The molecule has 0 bridgehead atoms. The van der Waals surface area contributed by atoms with Crippen LogP contribution < -0.4 is 10.2 Å². The highest BCUT2D eigenvalue weighted by atomic mass is 35.5. The quantitative estimate of drug-likeness (QED) is 0.749. The van der Waals surface area contributed by atoms with Gasteiger partial charge in [-0.25, -0.2) is 0 Å². The molecule has 0 spiro atoms. The van der Waals surface area contributed by atoms with E-state index in [1.54, 1.807) is 18.2 Å². The van der Waals surface area contributed by atoms with E-state index in [2.05, 4.69) is 5.32 Å². The molecule has 2 aromatic rings. The highest BCUT2D eigenvalue weighted by molar-refractivity contribution is 6.31. The fraction of sp³-hybridized carbons (Fsp3) is 0.316. The van der Waals surface area contributed by atoms with E-state index in [4.69, 9.17) is 11.6 Å². The van der Waals surface area contributed by atoms with Gasteiger partial charge in [-0.2, -0.15) is 13.2 Å². The molecule has 26 heavy (non-hydrogen) atoms. The summed E-state index contributed by atoms with van der Waals surface area (Å²) in [6, 6.07) is 9.77. The molecule has 0 atom stereocenters. The van der Waals surface area contributed by atoms with E-state index < -0.39 is 17.6 Å². The molecule has 138 valence electrons. The molecule has 0 saturated carbocycles. The average Bonchev–Trinajstić information content (AvgIpc) is 2.61. The summed E-state index contributed by atoms with van der Waals surface area (Å²) in [6.07, 6.45) is -1.43. The molecule has 3 rings (SSSR count). The van der Waals surface area contributed by atoms with Crippen molar-refractivity contribution in [3.05, 3.63) is 58.6 Å². The van der Waals surface area contributed by atoms with Crippen molar-refractivity contribution in [2.75, 3.05) is 23.3 Å². The summed E-state index contributed by atoms with van der Waals surface area (Å²) in [5.41, 5.74) is 0.263. The van der Waals surface area contributed by atoms with Crippen LogP contribution in [-0.2, 0) is 6.18 Å². The number of nitrogens with one attached hydrogen (secondary N) is 1. The largest absolute Gasteiger partial charge is 0.416 e. The van der Waals surface area contributed by atoms with Crippen molar-refractivity contribution < 1.29 is 18.0 Å². The number of anilines is 2. The lowest BCUT2D eigenvalue weighted by molar-refractivity contribution is -0.137. The van der Waals surface area contributed by atoms with Gasteiger partial charge in [0, 0.05) is 23.7 Å². The minimum absolute atomic E-state index is 0.159. The van der Waals surface area contributed by atoms with Crippen molar-refractivity contribution in [1.82, 2.24) is 0 Å². The van der Waals surface area contributed by atoms with Crippen molar-refractivity contribution in [2.24, 2.45) is 0 Å². The maximum absolute atomic E-state index is 13.1. The standard InChI is InChI=1S/C19H18ClF3N2O/c20-15-6-4-5-13(11-15)18(26)24-16-12-14(19(21,22)23)7-8-17(16)25-9-2-1-3-10-25/h4-8,11-12H,1-3,9-10H2,(H,24,26). The Bertz CT molecular complexity index is 802. The van der Waals surface area contributed by atoms with Crippen molar-refractivity contribution in [3.63, 3.8) is 0 Å². The molecule has 2 aromatic carbocycles. The van der Waals surface area contributed by atoms with E-state index in [1.165, 1.54) is 12.1 Å². The van der Waals surface area contributed by atoms with Crippen LogP contribution in [0.5, 0.6) is 0 Å². The van der Waals surface area contributed by atoms with Crippen LogP contribution >= 0.6 is 11.6 Å². The first kappa shape index (κ1) is 18.6. The van der Waals surface area contributed by atoms with Crippen molar-refractivity contribution >= 4 is 28.9 Å². The van der Waals surface area contributed by atoms with E-state index in [-0.39, 0.29) is 5.69 Å². The van der Waals surface area contributed by atoms with Crippen molar-refractivity contribution in [3.8, 4) is 0 Å². The summed E-state index contributed by atoms with van der Waals surface area (Å²) in [5.74, 6) is -0.495. The first-order valence-electron chi connectivity index (χ1n) is 8.38. The van der Waals surface area contributed by atoms with E-state index in [0.29, 0.717) is 16.3 Å². The summed E-state index contributed by atoms with van der Waals surface area (Å²) >= 11 is 5.89. The van der Waals surface area contributed by atoms with Gasteiger partial charge >= 0.3 is 6.18 Å². The number of amides is 1. The zero-order chi connectivity index (χ0) is 18.7. The SMILES string of the molecule is O=C(Nc1cc(C(F)(F)F)ccc1N1CCCCC1)c1cccc(Cl)c1. The molecule has 1 amide bonds. The van der Waals surface area contributed by atoms with Gasteiger partial charge in [-0.05, 0) is 55.7 Å². The van der Waals surface area contributed by atoms with E-state index in [1.807, 2.05) is 4.90 Å². The van der Waals surface area contributed by atoms with E-state index in [0.717, 1.165) is 44.5 Å². The first-order chi connectivity index (χ1) is 12.3. The number of alkyl halides is 3. The van der Waals surface area contributed by atoms with Crippen LogP contribution in [0.1, 0.15) is 35.2 Å². The third kappa shape index (κ3) is 4.30. The van der Waals surface area contributed by atoms with Gasteiger partial charge in [0.05, 0.1) is 16.9 Å². The van der Waals surface area contributed by atoms with Gasteiger partial charge in [-0.3, -0.25) is 4.79 Å². The summed E-state index contributed by atoms with van der Waals surface area (Å²) in [6.45, 7) is 1.51. The van der Waals surface area contributed by atoms with Crippen LogP contribution in [0.2, 0.25) is 5.02 Å². The van der Waals surface area contributed by atoms with Gasteiger partial charge in [0.25, 0.3) is 5.91 Å².